The quantitative estimate of drug-likeness (QED) is 0.737. The molecular weight excluding hydrogens is 181 g/mol. The first kappa shape index (κ1) is 10.7. The number of nitrogens with one attached hydrogen (secondary N) is 1. The van der Waals surface area contributed by atoms with Crippen molar-refractivity contribution in [2.24, 2.45) is 0 Å². The zero-order valence-electron chi connectivity index (χ0n) is 8.60. The van der Waals surface area contributed by atoms with Crippen LogP contribution in [0.5, 0.6) is 5.75 Å². The Balaban J connectivity index is 3.42. The Labute approximate surface area is 83.1 Å². The number of aryl methyl sites for hydroxylation is 1. The molecule has 76 valence electrons. The van der Waals surface area contributed by atoms with E-state index in [9.17, 15) is 4.53 Å². The topological polar surface area (TPSA) is 33.1 Å². The molecule has 0 heterocycles. The van der Waals surface area contributed by atoms with Crippen LogP contribution in [0.25, 0.3) is 0 Å². The van der Waals surface area contributed by atoms with Crippen molar-refractivity contribution in [1.29, 1.82) is 5.41 Å². The van der Waals surface area contributed by atoms with Crippen LogP contribution in [-0.2, 0) is 0 Å². The monoisotopic (exact) mass is 195 g/mol. The van der Waals surface area contributed by atoms with E-state index in [1.54, 1.807) is 6.07 Å². The van der Waals surface area contributed by atoms with Crippen LogP contribution in [0.4, 0.5) is 4.53 Å². The van der Waals surface area contributed by atoms with Gasteiger partial charge in [0.1, 0.15) is 0 Å². The van der Waals surface area contributed by atoms with Crippen LogP contribution < -0.4 is 4.94 Å². The van der Waals surface area contributed by atoms with Crippen LogP contribution >= 0.6 is 0 Å². The fourth-order valence-corrected chi connectivity index (χ4v) is 1.63. The second-order valence-corrected chi connectivity index (χ2v) is 3.59. The molecule has 3 heteroatoms. The summed E-state index contributed by atoms with van der Waals surface area (Å²) >= 11 is 0. The van der Waals surface area contributed by atoms with Crippen molar-refractivity contribution in [3.63, 3.8) is 0 Å². The summed E-state index contributed by atoms with van der Waals surface area (Å²) < 4.78 is 12.4. The minimum absolute atomic E-state index is 0.176. The van der Waals surface area contributed by atoms with Crippen molar-refractivity contribution in [3.8, 4) is 5.75 Å². The van der Waals surface area contributed by atoms with E-state index in [2.05, 4.69) is 4.94 Å². The maximum Gasteiger partial charge on any atom is 0.184 e. The van der Waals surface area contributed by atoms with Crippen molar-refractivity contribution in [3.05, 3.63) is 28.8 Å². The van der Waals surface area contributed by atoms with Gasteiger partial charge in [0.2, 0.25) is 0 Å². The number of rotatable bonds is 3. The minimum Gasteiger partial charge on any atom is -0.308 e. The molecule has 0 aliphatic carbocycles. The standard InChI is InChI=1S/C11H14FNO/c1-7(2)10-8(3)4-5-9(6-13)11(10)14-12/h4-7,13H,1-3H3. The molecule has 0 saturated heterocycles. The van der Waals surface area contributed by atoms with Gasteiger partial charge in [0.05, 0.1) is 0 Å². The fraction of sp³-hybridized carbons (Fsp3) is 0.364. The molecule has 0 fully saturated rings. The lowest BCUT2D eigenvalue weighted by atomic mass is 9.94. The van der Waals surface area contributed by atoms with Gasteiger partial charge >= 0.3 is 0 Å². The number of benzene rings is 1. The molecule has 0 bridgehead atoms. The largest absolute Gasteiger partial charge is 0.308 e. The highest BCUT2D eigenvalue weighted by molar-refractivity contribution is 5.82. The van der Waals surface area contributed by atoms with Crippen LogP contribution in [0.2, 0.25) is 0 Å². The molecule has 0 radical (unpaired) electrons. The maximum absolute atomic E-state index is 12.4. The van der Waals surface area contributed by atoms with Crippen LogP contribution in [0, 0.1) is 12.3 Å². The number of hydrogen-bond donors (Lipinski definition) is 1. The highest BCUT2D eigenvalue weighted by atomic mass is 19.3. The molecular formula is C11H14FNO. The average molecular weight is 195 g/mol. The molecule has 1 aromatic rings. The van der Waals surface area contributed by atoms with E-state index in [0.29, 0.717) is 5.56 Å². The van der Waals surface area contributed by atoms with Gasteiger partial charge in [-0.2, -0.15) is 0 Å². The third kappa shape index (κ3) is 1.76. The zero-order valence-corrected chi connectivity index (χ0v) is 8.60. The summed E-state index contributed by atoms with van der Waals surface area (Å²) in [6, 6.07) is 3.56. The molecule has 1 rings (SSSR count). The summed E-state index contributed by atoms with van der Waals surface area (Å²) in [5.74, 6) is 0.357. The summed E-state index contributed by atoms with van der Waals surface area (Å²) in [7, 11) is 0. The molecule has 0 atom stereocenters. The van der Waals surface area contributed by atoms with Gasteiger partial charge in [-0.05, 0) is 24.5 Å². The molecule has 0 unspecified atom stereocenters. The molecule has 0 spiro atoms. The van der Waals surface area contributed by atoms with E-state index in [1.807, 2.05) is 26.8 Å². The first-order valence-electron chi connectivity index (χ1n) is 4.54. The lowest BCUT2D eigenvalue weighted by Crippen LogP contribution is -1.99. The highest BCUT2D eigenvalue weighted by Gasteiger charge is 2.15. The molecule has 0 aromatic heterocycles. The lowest BCUT2D eigenvalue weighted by molar-refractivity contribution is -0.00782. The molecule has 1 aromatic carbocycles. The van der Waals surface area contributed by atoms with E-state index in [0.717, 1.165) is 17.3 Å². The maximum atomic E-state index is 12.4. The zero-order chi connectivity index (χ0) is 10.7. The third-order valence-electron chi connectivity index (χ3n) is 2.25. The Bertz CT molecular complexity index is 347. The van der Waals surface area contributed by atoms with Crippen molar-refractivity contribution < 1.29 is 9.47 Å². The summed E-state index contributed by atoms with van der Waals surface area (Å²) in [6.45, 7) is 5.85. The number of hydrogen-bond acceptors (Lipinski definition) is 2. The van der Waals surface area contributed by atoms with Gasteiger partial charge in [0, 0.05) is 21.9 Å². The second kappa shape index (κ2) is 4.22. The molecule has 14 heavy (non-hydrogen) atoms. The Hall–Kier alpha value is -1.38. The Kier molecular flexibility index (Phi) is 3.23. The van der Waals surface area contributed by atoms with Crippen LogP contribution in [0.3, 0.4) is 0 Å². The second-order valence-electron chi connectivity index (χ2n) is 3.59. The lowest BCUT2D eigenvalue weighted by Gasteiger charge is -2.14. The first-order chi connectivity index (χ1) is 6.61. The van der Waals surface area contributed by atoms with Gasteiger partial charge in [0.15, 0.2) is 5.75 Å². The van der Waals surface area contributed by atoms with Gasteiger partial charge in [-0.15, -0.1) is 0 Å². The van der Waals surface area contributed by atoms with Gasteiger partial charge in [0.25, 0.3) is 0 Å². The molecule has 0 aliphatic rings. The summed E-state index contributed by atoms with van der Waals surface area (Å²) in [5, 5.41) is 7.12. The van der Waals surface area contributed by atoms with E-state index in [1.165, 1.54) is 0 Å². The summed E-state index contributed by atoms with van der Waals surface area (Å²) in [5.41, 5.74) is 2.29. The Morgan fingerprint density at radius 2 is 2.07 bits per heavy atom. The van der Waals surface area contributed by atoms with E-state index in [4.69, 9.17) is 5.41 Å². The summed E-state index contributed by atoms with van der Waals surface area (Å²) in [4.78, 5) is 3.86. The van der Waals surface area contributed by atoms with Gasteiger partial charge in [-0.1, -0.05) is 19.9 Å². The van der Waals surface area contributed by atoms with E-state index < -0.39 is 0 Å². The molecule has 2 nitrogen and oxygen atoms in total. The smallest absolute Gasteiger partial charge is 0.184 e. The first-order valence-corrected chi connectivity index (χ1v) is 4.54. The van der Waals surface area contributed by atoms with Crippen molar-refractivity contribution in [2.45, 2.75) is 26.7 Å². The van der Waals surface area contributed by atoms with Crippen molar-refractivity contribution in [1.82, 2.24) is 0 Å². The molecule has 0 aliphatic heterocycles. The van der Waals surface area contributed by atoms with Crippen LogP contribution in [0.1, 0.15) is 36.5 Å². The average Bonchev–Trinajstić information content (AvgIpc) is 2.16. The van der Waals surface area contributed by atoms with Crippen LogP contribution in [0.15, 0.2) is 12.1 Å². The summed E-state index contributed by atoms with van der Waals surface area (Å²) in [6.07, 6.45) is 1.10. The SMILES string of the molecule is Cc1ccc(C=N)c(OF)c1C(C)C. The highest BCUT2D eigenvalue weighted by Crippen LogP contribution is 2.32. The Morgan fingerprint density at radius 1 is 1.43 bits per heavy atom. The fourth-order valence-electron chi connectivity index (χ4n) is 1.63. The predicted molar refractivity (Wildman–Crippen MR) is 54.9 cm³/mol. The molecule has 0 amide bonds. The van der Waals surface area contributed by atoms with E-state index in [-0.39, 0.29) is 11.7 Å². The molecule has 0 saturated carbocycles. The Morgan fingerprint density at radius 3 is 2.50 bits per heavy atom. The van der Waals surface area contributed by atoms with Gasteiger partial charge < -0.3 is 5.41 Å². The van der Waals surface area contributed by atoms with Crippen molar-refractivity contribution >= 4 is 6.21 Å². The molecule has 1 N–H and O–H groups in total. The third-order valence-corrected chi connectivity index (χ3v) is 2.25. The predicted octanol–water partition coefficient (Wildman–Crippen LogP) is 3.38. The van der Waals surface area contributed by atoms with Gasteiger partial charge in [-0.3, -0.25) is 4.94 Å². The normalized spacial score (nSPS) is 10.4. The van der Waals surface area contributed by atoms with Crippen LogP contribution in [-0.4, -0.2) is 6.21 Å². The van der Waals surface area contributed by atoms with Gasteiger partial charge in [-0.25, -0.2) is 0 Å². The minimum atomic E-state index is 0.176. The van der Waals surface area contributed by atoms with E-state index >= 15 is 0 Å². The number of halogens is 1. The van der Waals surface area contributed by atoms with Crippen molar-refractivity contribution in [2.75, 3.05) is 0 Å².